The van der Waals surface area contributed by atoms with E-state index in [0.29, 0.717) is 0 Å². The topological polar surface area (TPSA) is 12.0 Å². The van der Waals surface area contributed by atoms with Crippen LogP contribution in [0.1, 0.15) is 17.4 Å². The molecular formula is C13H15NS. The summed E-state index contributed by atoms with van der Waals surface area (Å²) in [6, 6.07) is 12.5. The minimum atomic E-state index is 0.935. The Balaban J connectivity index is 1.99. The zero-order valence-electron chi connectivity index (χ0n) is 8.86. The first-order chi connectivity index (χ1) is 7.40. The molecule has 0 aliphatic heterocycles. The van der Waals surface area contributed by atoms with Gasteiger partial charge in [0.05, 0.1) is 0 Å². The zero-order chi connectivity index (χ0) is 10.5. The quantitative estimate of drug-likeness (QED) is 0.818. The predicted octanol–water partition coefficient (Wildman–Crippen LogP) is 3.92. The van der Waals surface area contributed by atoms with Gasteiger partial charge in [0, 0.05) is 17.1 Å². The van der Waals surface area contributed by atoms with Gasteiger partial charge in [-0.1, -0.05) is 25.1 Å². The third kappa shape index (κ3) is 2.60. The van der Waals surface area contributed by atoms with Gasteiger partial charge >= 0.3 is 0 Å². The van der Waals surface area contributed by atoms with Crippen LogP contribution in [0.5, 0.6) is 0 Å². The fourth-order valence-electron chi connectivity index (χ4n) is 1.58. The van der Waals surface area contributed by atoms with E-state index in [4.69, 9.17) is 0 Å². The zero-order valence-corrected chi connectivity index (χ0v) is 9.68. The van der Waals surface area contributed by atoms with Gasteiger partial charge in [0.15, 0.2) is 0 Å². The molecule has 0 saturated carbocycles. The van der Waals surface area contributed by atoms with Crippen molar-refractivity contribution in [3.8, 4) is 0 Å². The lowest BCUT2D eigenvalue weighted by Gasteiger charge is -2.05. The average molecular weight is 217 g/mol. The Bertz CT molecular complexity index is 405. The van der Waals surface area contributed by atoms with Crippen LogP contribution in [0.2, 0.25) is 0 Å². The van der Waals surface area contributed by atoms with E-state index in [1.54, 1.807) is 0 Å². The normalized spacial score (nSPS) is 10.2. The van der Waals surface area contributed by atoms with Crippen LogP contribution in [0, 0.1) is 0 Å². The van der Waals surface area contributed by atoms with Crippen molar-refractivity contribution >= 4 is 17.0 Å². The van der Waals surface area contributed by atoms with E-state index in [-0.39, 0.29) is 0 Å². The van der Waals surface area contributed by atoms with Crippen molar-refractivity contribution < 1.29 is 0 Å². The molecule has 78 valence electrons. The molecule has 1 nitrogen and oxygen atoms in total. The van der Waals surface area contributed by atoms with Gasteiger partial charge in [-0.05, 0) is 35.6 Å². The Morgan fingerprint density at radius 2 is 1.93 bits per heavy atom. The second-order valence-electron chi connectivity index (χ2n) is 3.44. The van der Waals surface area contributed by atoms with Gasteiger partial charge in [-0.3, -0.25) is 0 Å². The molecule has 2 aromatic rings. The van der Waals surface area contributed by atoms with E-state index >= 15 is 0 Å². The lowest BCUT2D eigenvalue weighted by atomic mass is 10.2. The smallest absolute Gasteiger partial charge is 0.0496 e. The standard InChI is InChI=1S/C13H15NS/c1-2-11-8-9-15-13(11)10-14-12-6-4-3-5-7-12/h3-9,14H,2,10H2,1H3. The fourth-order valence-corrected chi connectivity index (χ4v) is 2.49. The number of hydrogen-bond donors (Lipinski definition) is 1. The van der Waals surface area contributed by atoms with Crippen molar-refractivity contribution in [1.29, 1.82) is 0 Å². The van der Waals surface area contributed by atoms with Crippen LogP contribution in [0.15, 0.2) is 41.8 Å². The molecule has 1 aromatic carbocycles. The molecule has 0 fully saturated rings. The minimum Gasteiger partial charge on any atom is -0.380 e. The van der Waals surface area contributed by atoms with Crippen LogP contribution in [0.4, 0.5) is 5.69 Å². The van der Waals surface area contributed by atoms with E-state index in [2.05, 4.69) is 48.0 Å². The average Bonchev–Trinajstić information content (AvgIpc) is 2.75. The highest BCUT2D eigenvalue weighted by Gasteiger charge is 2.01. The van der Waals surface area contributed by atoms with Crippen molar-refractivity contribution in [2.24, 2.45) is 0 Å². The third-order valence-electron chi connectivity index (χ3n) is 2.45. The third-order valence-corrected chi connectivity index (χ3v) is 3.41. The molecule has 1 N–H and O–H groups in total. The van der Waals surface area contributed by atoms with Crippen LogP contribution in [-0.4, -0.2) is 0 Å². The number of thiophene rings is 1. The van der Waals surface area contributed by atoms with E-state index in [1.807, 2.05) is 17.4 Å². The molecule has 0 radical (unpaired) electrons. The van der Waals surface area contributed by atoms with Crippen LogP contribution in [0.25, 0.3) is 0 Å². The Morgan fingerprint density at radius 1 is 1.13 bits per heavy atom. The number of anilines is 1. The summed E-state index contributed by atoms with van der Waals surface area (Å²) < 4.78 is 0. The highest BCUT2D eigenvalue weighted by atomic mass is 32.1. The largest absolute Gasteiger partial charge is 0.380 e. The lowest BCUT2D eigenvalue weighted by Crippen LogP contribution is -1.99. The summed E-state index contributed by atoms with van der Waals surface area (Å²) in [5, 5.41) is 5.60. The van der Waals surface area contributed by atoms with E-state index in [1.165, 1.54) is 16.1 Å². The number of hydrogen-bond acceptors (Lipinski definition) is 2. The van der Waals surface area contributed by atoms with Gasteiger partial charge in [0.25, 0.3) is 0 Å². The van der Waals surface area contributed by atoms with Crippen molar-refractivity contribution in [2.75, 3.05) is 5.32 Å². The Labute approximate surface area is 94.8 Å². The maximum Gasteiger partial charge on any atom is 0.0496 e. The first kappa shape index (κ1) is 10.2. The summed E-state index contributed by atoms with van der Waals surface area (Å²) in [6.07, 6.45) is 1.12. The first-order valence-electron chi connectivity index (χ1n) is 5.24. The fraction of sp³-hybridized carbons (Fsp3) is 0.231. The van der Waals surface area contributed by atoms with Crippen LogP contribution in [-0.2, 0) is 13.0 Å². The number of nitrogens with one attached hydrogen (secondary N) is 1. The molecule has 1 heterocycles. The van der Waals surface area contributed by atoms with Crippen molar-refractivity contribution in [2.45, 2.75) is 19.9 Å². The monoisotopic (exact) mass is 217 g/mol. The minimum absolute atomic E-state index is 0.935. The molecule has 1 aromatic heterocycles. The molecule has 0 unspecified atom stereocenters. The van der Waals surface area contributed by atoms with Crippen molar-refractivity contribution in [3.63, 3.8) is 0 Å². The first-order valence-corrected chi connectivity index (χ1v) is 6.12. The Hall–Kier alpha value is -1.28. The molecule has 0 atom stereocenters. The van der Waals surface area contributed by atoms with E-state index in [0.717, 1.165) is 13.0 Å². The number of benzene rings is 1. The summed E-state index contributed by atoms with van der Waals surface area (Å²) >= 11 is 1.83. The van der Waals surface area contributed by atoms with E-state index in [9.17, 15) is 0 Å². The SMILES string of the molecule is CCc1ccsc1CNc1ccccc1. The summed E-state index contributed by atoms with van der Waals surface area (Å²) in [6.45, 7) is 3.14. The highest BCUT2D eigenvalue weighted by Crippen LogP contribution is 2.18. The second-order valence-corrected chi connectivity index (χ2v) is 4.44. The molecule has 0 bridgehead atoms. The molecule has 2 rings (SSSR count). The molecule has 0 amide bonds. The molecule has 0 saturated heterocycles. The maximum absolute atomic E-state index is 3.43. The summed E-state index contributed by atoms with van der Waals surface area (Å²) in [5.74, 6) is 0. The van der Waals surface area contributed by atoms with Gasteiger partial charge in [0.1, 0.15) is 0 Å². The van der Waals surface area contributed by atoms with Crippen LogP contribution >= 0.6 is 11.3 Å². The van der Waals surface area contributed by atoms with Gasteiger partial charge in [-0.15, -0.1) is 11.3 Å². The summed E-state index contributed by atoms with van der Waals surface area (Å²) in [7, 11) is 0. The van der Waals surface area contributed by atoms with Gasteiger partial charge in [-0.25, -0.2) is 0 Å². The van der Waals surface area contributed by atoms with Gasteiger partial charge < -0.3 is 5.32 Å². The lowest BCUT2D eigenvalue weighted by molar-refractivity contribution is 1.08. The van der Waals surface area contributed by atoms with Gasteiger partial charge in [0.2, 0.25) is 0 Å². The predicted molar refractivity (Wildman–Crippen MR) is 67.5 cm³/mol. The molecule has 0 spiro atoms. The van der Waals surface area contributed by atoms with E-state index < -0.39 is 0 Å². The Morgan fingerprint density at radius 3 is 2.67 bits per heavy atom. The number of aryl methyl sites for hydroxylation is 1. The molecule has 15 heavy (non-hydrogen) atoms. The number of para-hydroxylation sites is 1. The second kappa shape index (κ2) is 4.99. The van der Waals surface area contributed by atoms with Crippen molar-refractivity contribution in [3.05, 3.63) is 52.2 Å². The van der Waals surface area contributed by atoms with Crippen LogP contribution < -0.4 is 5.32 Å². The van der Waals surface area contributed by atoms with Crippen molar-refractivity contribution in [1.82, 2.24) is 0 Å². The summed E-state index contributed by atoms with van der Waals surface area (Å²) in [4.78, 5) is 1.45. The number of rotatable bonds is 4. The molecule has 0 aliphatic carbocycles. The van der Waals surface area contributed by atoms with Crippen LogP contribution in [0.3, 0.4) is 0 Å². The molecule has 2 heteroatoms. The van der Waals surface area contributed by atoms with Gasteiger partial charge in [-0.2, -0.15) is 0 Å². The molecular weight excluding hydrogens is 202 g/mol. The maximum atomic E-state index is 3.43. The molecule has 0 aliphatic rings. The highest BCUT2D eigenvalue weighted by molar-refractivity contribution is 7.10. The summed E-state index contributed by atoms with van der Waals surface area (Å²) in [5.41, 5.74) is 2.65. The Kier molecular flexibility index (Phi) is 3.41.